The molecule has 0 saturated carbocycles. The number of phenolic OH excluding ortho intramolecular Hbond substituents is 3. The molecule has 0 atom stereocenters. The smallest absolute Gasteiger partial charge is 0.190 e. The van der Waals surface area contributed by atoms with E-state index in [1.165, 1.54) is 18.2 Å². The summed E-state index contributed by atoms with van der Waals surface area (Å²) < 4.78 is 0. The van der Waals surface area contributed by atoms with Crippen molar-refractivity contribution in [3.05, 3.63) is 45.3 Å². The molecule has 2 aromatic carbocycles. The van der Waals surface area contributed by atoms with Crippen LogP contribution < -0.4 is 10.6 Å². The van der Waals surface area contributed by atoms with Gasteiger partial charge in [-0.25, -0.2) is 0 Å². The first kappa shape index (κ1) is 14.8. The number of aromatic hydroxyl groups is 3. The maximum Gasteiger partial charge on any atom is 0.190 e. The van der Waals surface area contributed by atoms with Crippen molar-refractivity contribution < 1.29 is 25.2 Å². The number of carbonyl (C=O) groups excluding carboxylic acids is 1. The predicted molar refractivity (Wildman–Crippen MR) is 95.3 cm³/mol. The molecular weight excluding hydrogens is 336 g/mol. The number of aliphatic hydroxyl groups excluding tert-OH is 1. The molecule has 0 saturated heterocycles. The summed E-state index contributed by atoms with van der Waals surface area (Å²) >= 11 is 0. The molecule has 0 radical (unpaired) electrons. The summed E-state index contributed by atoms with van der Waals surface area (Å²) in [7, 11) is 0. The zero-order valence-electron chi connectivity index (χ0n) is 13.3. The summed E-state index contributed by atoms with van der Waals surface area (Å²) in [5.74, 6) is -1.63. The molecule has 2 aromatic rings. The van der Waals surface area contributed by atoms with Gasteiger partial charge in [0.2, 0.25) is 0 Å². The van der Waals surface area contributed by atoms with Gasteiger partial charge in [0.15, 0.2) is 22.7 Å². The molecule has 26 heavy (non-hydrogen) atoms. The molecule has 0 heterocycles. The van der Waals surface area contributed by atoms with E-state index in [0.29, 0.717) is 21.9 Å². The Hall–Kier alpha value is -3.54. The molecular formula is C20H12O6. The molecule has 128 valence electrons. The number of aliphatic hydroxyl groups is 1. The van der Waals surface area contributed by atoms with E-state index >= 15 is 0 Å². The molecule has 0 amide bonds. The first-order valence-corrected chi connectivity index (χ1v) is 8.08. The lowest BCUT2D eigenvalue weighted by Crippen LogP contribution is -2.23. The average molecular weight is 348 g/mol. The van der Waals surface area contributed by atoms with E-state index in [-0.39, 0.29) is 57.1 Å². The van der Waals surface area contributed by atoms with Crippen LogP contribution in [0.4, 0.5) is 0 Å². The Balaban J connectivity index is 2.24. The minimum Gasteiger partial charge on any atom is -0.512 e. The average Bonchev–Trinajstić information content (AvgIpc) is 2.94. The highest BCUT2D eigenvalue weighted by atomic mass is 16.3. The van der Waals surface area contributed by atoms with Gasteiger partial charge in [-0.3, -0.25) is 9.59 Å². The van der Waals surface area contributed by atoms with Crippen LogP contribution in [-0.4, -0.2) is 26.2 Å². The number of hydrogen-bond acceptors (Lipinski definition) is 6. The highest BCUT2D eigenvalue weighted by Crippen LogP contribution is 2.50. The van der Waals surface area contributed by atoms with Gasteiger partial charge in [0.1, 0.15) is 11.5 Å². The number of hydrogen-bond donors (Lipinski definition) is 4. The van der Waals surface area contributed by atoms with Crippen molar-refractivity contribution in [3.63, 3.8) is 0 Å². The Labute approximate surface area is 145 Å². The Morgan fingerprint density at radius 1 is 0.731 bits per heavy atom. The lowest BCUT2D eigenvalue weighted by molar-refractivity contribution is 0.0978. The molecule has 0 aliphatic heterocycles. The van der Waals surface area contributed by atoms with Crippen molar-refractivity contribution in [1.82, 2.24) is 0 Å². The van der Waals surface area contributed by atoms with E-state index in [1.807, 2.05) is 0 Å². The SMILES string of the molecule is O=C1CCC(O)=c2c(O)c(O)c3c4ccc(=O)c5c(O)ccc(c5-4)c3c21. The van der Waals surface area contributed by atoms with Crippen LogP contribution in [-0.2, 0) is 0 Å². The predicted octanol–water partition coefficient (Wildman–Crippen LogP) is 2.37. The van der Waals surface area contributed by atoms with Crippen molar-refractivity contribution in [3.8, 4) is 28.4 Å². The maximum atomic E-state index is 12.6. The molecule has 4 N–H and O–H groups in total. The molecule has 0 bridgehead atoms. The van der Waals surface area contributed by atoms with E-state index in [9.17, 15) is 30.0 Å². The van der Waals surface area contributed by atoms with Gasteiger partial charge in [0.05, 0.1) is 10.6 Å². The van der Waals surface area contributed by atoms with Gasteiger partial charge in [-0.15, -0.1) is 0 Å². The van der Waals surface area contributed by atoms with Gasteiger partial charge in [-0.2, -0.15) is 0 Å². The Morgan fingerprint density at radius 2 is 1.50 bits per heavy atom. The fourth-order valence-electron chi connectivity index (χ4n) is 4.16. The molecule has 0 unspecified atom stereocenters. The lowest BCUT2D eigenvalue weighted by atomic mass is 9.91. The second-order valence-corrected chi connectivity index (χ2v) is 6.56. The standard InChI is InChI=1S/C20H12O6/c21-9-3-1-7-13-8(2-4-10(22)16(9)13)15-14(7)17-11(23)5-6-12(24)18(17)20(26)19(15)25/h1-4,21,24-26H,5-6H2. The van der Waals surface area contributed by atoms with Crippen LogP contribution in [0.15, 0.2) is 29.1 Å². The Kier molecular flexibility index (Phi) is 2.58. The summed E-state index contributed by atoms with van der Waals surface area (Å²) in [4.78, 5) is 24.9. The second-order valence-electron chi connectivity index (χ2n) is 6.56. The van der Waals surface area contributed by atoms with Crippen molar-refractivity contribution >= 4 is 33.1 Å². The molecule has 6 nitrogen and oxygen atoms in total. The van der Waals surface area contributed by atoms with Crippen molar-refractivity contribution in [2.75, 3.05) is 0 Å². The zero-order chi connectivity index (χ0) is 18.3. The summed E-state index contributed by atoms with van der Waals surface area (Å²) in [6.07, 6.45) is 0.167. The summed E-state index contributed by atoms with van der Waals surface area (Å²) in [5.41, 5.74) is 0.631. The third-order valence-electron chi connectivity index (χ3n) is 5.24. The van der Waals surface area contributed by atoms with Gasteiger partial charge in [-0.05, 0) is 35.2 Å². The van der Waals surface area contributed by atoms with Gasteiger partial charge < -0.3 is 20.4 Å². The Morgan fingerprint density at radius 3 is 2.27 bits per heavy atom. The highest BCUT2D eigenvalue weighted by Gasteiger charge is 2.31. The van der Waals surface area contributed by atoms with Gasteiger partial charge in [0.25, 0.3) is 0 Å². The van der Waals surface area contributed by atoms with Crippen LogP contribution in [0, 0.1) is 0 Å². The monoisotopic (exact) mass is 348 g/mol. The number of carbonyl (C=O) groups is 1. The first-order valence-electron chi connectivity index (χ1n) is 8.08. The molecule has 0 fully saturated rings. The van der Waals surface area contributed by atoms with E-state index < -0.39 is 11.5 Å². The number of rotatable bonds is 0. The topological polar surface area (TPSA) is 115 Å². The minimum atomic E-state index is -0.555. The highest BCUT2D eigenvalue weighted by molar-refractivity contribution is 6.29. The van der Waals surface area contributed by atoms with Crippen LogP contribution in [0.25, 0.3) is 38.4 Å². The number of fused-ring (bicyclic) bond motifs is 5. The molecule has 3 aliphatic rings. The summed E-state index contributed by atoms with van der Waals surface area (Å²) in [6, 6.07) is 5.72. The molecule has 0 spiro atoms. The number of Topliss-reactive ketones (excluding diaryl/α,β-unsaturated/α-hetero) is 1. The lowest BCUT2D eigenvalue weighted by Gasteiger charge is -2.15. The zero-order valence-corrected chi connectivity index (χ0v) is 13.3. The van der Waals surface area contributed by atoms with Crippen LogP contribution in [0.2, 0.25) is 0 Å². The summed E-state index contributed by atoms with van der Waals surface area (Å²) in [5, 5.41) is 42.6. The fraction of sp³-hybridized carbons (Fsp3) is 0.100. The van der Waals surface area contributed by atoms with E-state index in [1.54, 1.807) is 6.07 Å². The Bertz CT molecular complexity index is 1350. The maximum absolute atomic E-state index is 12.6. The second kappa shape index (κ2) is 4.54. The molecule has 5 rings (SSSR count). The van der Waals surface area contributed by atoms with Gasteiger partial charge in [-0.1, -0.05) is 0 Å². The largest absolute Gasteiger partial charge is 0.512 e. The molecule has 3 aliphatic carbocycles. The molecule has 6 heteroatoms. The quantitative estimate of drug-likeness (QED) is 0.363. The van der Waals surface area contributed by atoms with Crippen LogP contribution >= 0.6 is 0 Å². The minimum absolute atomic E-state index is 0.0612. The van der Waals surface area contributed by atoms with Crippen molar-refractivity contribution in [2.45, 2.75) is 12.8 Å². The van der Waals surface area contributed by atoms with E-state index in [2.05, 4.69) is 0 Å². The van der Waals surface area contributed by atoms with Gasteiger partial charge >= 0.3 is 0 Å². The van der Waals surface area contributed by atoms with Crippen LogP contribution in [0.3, 0.4) is 0 Å². The number of ketones is 1. The van der Waals surface area contributed by atoms with E-state index in [4.69, 9.17) is 0 Å². The normalized spacial score (nSPS) is 14.6. The van der Waals surface area contributed by atoms with Crippen molar-refractivity contribution in [1.29, 1.82) is 0 Å². The first-order chi connectivity index (χ1) is 12.4. The van der Waals surface area contributed by atoms with E-state index in [0.717, 1.165) is 0 Å². The van der Waals surface area contributed by atoms with Crippen LogP contribution in [0.1, 0.15) is 23.2 Å². The third kappa shape index (κ3) is 1.52. The molecule has 0 aromatic heterocycles. The van der Waals surface area contributed by atoms with Crippen LogP contribution in [0.5, 0.6) is 17.2 Å². The third-order valence-corrected chi connectivity index (χ3v) is 5.24. The summed E-state index contributed by atoms with van der Waals surface area (Å²) in [6.45, 7) is 0. The number of phenols is 3. The fourth-order valence-corrected chi connectivity index (χ4v) is 4.16. The van der Waals surface area contributed by atoms with Crippen molar-refractivity contribution in [2.24, 2.45) is 0 Å². The van der Waals surface area contributed by atoms with Gasteiger partial charge in [0, 0.05) is 34.7 Å². The number of benzene rings is 3.